The van der Waals surface area contributed by atoms with E-state index in [1.165, 1.54) is 12.3 Å². The zero-order valence-electron chi connectivity index (χ0n) is 14.0. The van der Waals surface area contributed by atoms with E-state index in [0.29, 0.717) is 36.2 Å². The highest BCUT2D eigenvalue weighted by molar-refractivity contribution is 6.06. The van der Waals surface area contributed by atoms with E-state index in [9.17, 15) is 4.79 Å². The van der Waals surface area contributed by atoms with Crippen molar-refractivity contribution < 1.29 is 19.0 Å². The van der Waals surface area contributed by atoms with Gasteiger partial charge in [0.25, 0.3) is 0 Å². The molecule has 1 saturated heterocycles. The zero-order chi connectivity index (χ0) is 18.4. The second kappa shape index (κ2) is 8.06. The Balaban J connectivity index is 1.53. The third-order valence-electron chi connectivity index (χ3n) is 3.68. The quantitative estimate of drug-likeness (QED) is 0.664. The predicted octanol–water partition coefficient (Wildman–Crippen LogP) is 2.81. The Kier molecular flexibility index (Phi) is 5.38. The molecule has 0 radical (unpaired) electrons. The number of nitrogens with one attached hydrogen (secondary N) is 2. The topological polar surface area (TPSA) is 107 Å². The van der Waals surface area contributed by atoms with Crippen molar-refractivity contribution in [2.24, 2.45) is 5.73 Å². The average molecular weight is 353 g/mol. The van der Waals surface area contributed by atoms with Gasteiger partial charge in [0.05, 0.1) is 5.71 Å². The summed E-state index contributed by atoms with van der Waals surface area (Å²) < 4.78 is 16.2. The molecule has 0 bridgehead atoms. The molecule has 0 spiro atoms. The Hall–Kier alpha value is -3.48. The van der Waals surface area contributed by atoms with Gasteiger partial charge < -0.3 is 30.7 Å². The lowest BCUT2D eigenvalue weighted by molar-refractivity contribution is 0.174. The van der Waals surface area contributed by atoms with Crippen molar-refractivity contribution in [2.45, 2.75) is 6.04 Å². The molecule has 0 aromatic heterocycles. The Morgan fingerprint density at radius 3 is 2.35 bits per heavy atom. The molecular weight excluding hydrogens is 334 g/mol. The molecule has 4 N–H and O–H groups in total. The van der Waals surface area contributed by atoms with Gasteiger partial charge in [-0.05, 0) is 66.4 Å². The maximum atomic E-state index is 10.9. The van der Waals surface area contributed by atoms with Gasteiger partial charge in [-0.1, -0.05) is 0 Å². The Bertz CT molecular complexity index is 801. The van der Waals surface area contributed by atoms with Crippen molar-refractivity contribution in [2.75, 3.05) is 13.2 Å². The molecule has 7 nitrogen and oxygen atoms in total. The first kappa shape index (κ1) is 17.3. The summed E-state index contributed by atoms with van der Waals surface area (Å²) in [6, 6.07) is 14.2. The van der Waals surface area contributed by atoms with E-state index in [1.54, 1.807) is 48.5 Å². The van der Waals surface area contributed by atoms with Gasteiger partial charge in [0.15, 0.2) is 0 Å². The normalized spacial score (nSPS) is 16.2. The summed E-state index contributed by atoms with van der Waals surface area (Å²) in [5, 5.41) is 10.5. The average Bonchev–Trinajstić information content (AvgIpc) is 3.07. The van der Waals surface area contributed by atoms with Crippen molar-refractivity contribution in [3.8, 4) is 17.2 Å². The summed E-state index contributed by atoms with van der Waals surface area (Å²) in [7, 11) is 0. The summed E-state index contributed by atoms with van der Waals surface area (Å²) in [4.78, 5) is 10.9. The molecule has 1 fully saturated rings. The van der Waals surface area contributed by atoms with Crippen LogP contribution in [0, 0.1) is 5.41 Å². The molecule has 1 heterocycles. The number of hydrogen-bond donors (Lipinski definition) is 3. The number of nitrogens with two attached hydrogens (primary N) is 1. The van der Waals surface area contributed by atoms with Crippen molar-refractivity contribution in [1.82, 2.24) is 5.32 Å². The highest BCUT2D eigenvalue weighted by Crippen LogP contribution is 2.24. The first-order valence-electron chi connectivity index (χ1n) is 8.05. The van der Waals surface area contributed by atoms with E-state index in [-0.39, 0.29) is 6.04 Å². The van der Waals surface area contributed by atoms with Gasteiger partial charge >= 0.3 is 6.09 Å². The molecule has 1 aliphatic heterocycles. The fraction of sp³-hybridized carbons (Fsp3) is 0.158. The number of rotatable bonds is 7. The fourth-order valence-electron chi connectivity index (χ4n) is 2.35. The lowest BCUT2D eigenvalue weighted by Gasteiger charge is -2.11. The van der Waals surface area contributed by atoms with Crippen molar-refractivity contribution in [3.63, 3.8) is 0 Å². The molecule has 1 atom stereocenters. The van der Waals surface area contributed by atoms with Crippen LogP contribution in [0.3, 0.4) is 0 Å². The minimum absolute atomic E-state index is 0.134. The van der Waals surface area contributed by atoms with Crippen LogP contribution in [0.15, 0.2) is 60.8 Å². The molecule has 134 valence electrons. The maximum Gasteiger partial charge on any atom is 0.407 e. The number of ether oxygens (including phenoxy) is 3. The van der Waals surface area contributed by atoms with Gasteiger partial charge in [0, 0.05) is 0 Å². The molecule has 7 heteroatoms. The minimum atomic E-state index is -0.414. The fourth-order valence-corrected chi connectivity index (χ4v) is 2.35. The Morgan fingerprint density at radius 1 is 1.15 bits per heavy atom. The number of benzene rings is 2. The predicted molar refractivity (Wildman–Crippen MR) is 96.9 cm³/mol. The second-order valence-corrected chi connectivity index (χ2v) is 5.62. The monoisotopic (exact) mass is 353 g/mol. The lowest BCUT2D eigenvalue weighted by Crippen LogP contribution is -2.32. The lowest BCUT2D eigenvalue weighted by atomic mass is 10.1. The van der Waals surface area contributed by atoms with E-state index >= 15 is 0 Å². The van der Waals surface area contributed by atoms with Crippen LogP contribution in [0.2, 0.25) is 0 Å². The van der Waals surface area contributed by atoms with Crippen molar-refractivity contribution in [3.05, 3.63) is 66.4 Å². The molecule has 0 unspecified atom stereocenters. The number of allylic oxidation sites excluding steroid dienone is 1. The molecule has 26 heavy (non-hydrogen) atoms. The number of cyclic esters (lactones) is 1. The van der Waals surface area contributed by atoms with E-state index in [2.05, 4.69) is 5.32 Å². The number of carbonyl (C=O) groups is 1. The van der Waals surface area contributed by atoms with Crippen molar-refractivity contribution in [1.29, 1.82) is 5.41 Å². The van der Waals surface area contributed by atoms with Crippen LogP contribution >= 0.6 is 0 Å². The first-order valence-corrected chi connectivity index (χ1v) is 8.05. The highest BCUT2D eigenvalue weighted by atomic mass is 16.6. The molecule has 2 aromatic rings. The summed E-state index contributed by atoms with van der Waals surface area (Å²) >= 11 is 0. The number of hydrogen-bond acceptors (Lipinski definition) is 6. The van der Waals surface area contributed by atoms with Crippen LogP contribution in [0.5, 0.6) is 17.2 Å². The smallest absolute Gasteiger partial charge is 0.407 e. The van der Waals surface area contributed by atoms with Gasteiger partial charge in [-0.15, -0.1) is 0 Å². The van der Waals surface area contributed by atoms with Gasteiger partial charge in [0.1, 0.15) is 36.5 Å². The van der Waals surface area contributed by atoms with Crippen LogP contribution in [0.4, 0.5) is 4.79 Å². The summed E-state index contributed by atoms with van der Waals surface area (Å²) in [6.45, 7) is 0.658. The summed E-state index contributed by atoms with van der Waals surface area (Å²) in [5.41, 5.74) is 6.39. The first-order chi connectivity index (χ1) is 12.6. The summed E-state index contributed by atoms with van der Waals surface area (Å²) in [5.74, 6) is 2.01. The Morgan fingerprint density at radius 2 is 1.77 bits per heavy atom. The largest absolute Gasteiger partial charge is 0.491 e. The van der Waals surface area contributed by atoms with Gasteiger partial charge in [0.2, 0.25) is 0 Å². The minimum Gasteiger partial charge on any atom is -0.491 e. The molecule has 0 saturated carbocycles. The Labute approximate surface area is 150 Å². The number of carbonyl (C=O) groups excluding carboxylic acids is 1. The highest BCUT2D eigenvalue weighted by Gasteiger charge is 2.22. The van der Waals surface area contributed by atoms with E-state index < -0.39 is 6.09 Å². The third kappa shape index (κ3) is 4.54. The molecule has 1 aliphatic rings. The van der Waals surface area contributed by atoms with Crippen LogP contribution in [0.1, 0.15) is 5.56 Å². The van der Waals surface area contributed by atoms with E-state index in [0.717, 1.165) is 5.56 Å². The van der Waals surface area contributed by atoms with Crippen LogP contribution in [-0.2, 0) is 4.74 Å². The standard InChI is InChI=1S/C19H19N3O4/c20-10-9-18(21)13-1-3-16(4-2-13)26-17-7-5-15(6-8-17)24-11-14-12-25-19(23)22-14/h1-10,14,21H,11-12,20H2,(H,22,23)/t14-/m0/s1. The van der Waals surface area contributed by atoms with Crippen LogP contribution < -0.4 is 20.5 Å². The van der Waals surface area contributed by atoms with Gasteiger partial charge in [-0.2, -0.15) is 0 Å². The number of amides is 1. The molecular formula is C19H19N3O4. The molecule has 2 aromatic carbocycles. The van der Waals surface area contributed by atoms with Crippen LogP contribution in [0.25, 0.3) is 0 Å². The molecule has 3 rings (SSSR count). The molecule has 1 amide bonds. The van der Waals surface area contributed by atoms with Crippen molar-refractivity contribution >= 4 is 11.8 Å². The summed E-state index contributed by atoms with van der Waals surface area (Å²) in [6.07, 6.45) is 2.45. The number of alkyl carbamates (subject to hydrolysis) is 1. The molecule has 0 aliphatic carbocycles. The van der Waals surface area contributed by atoms with E-state index in [4.69, 9.17) is 25.4 Å². The van der Waals surface area contributed by atoms with Gasteiger partial charge in [-0.3, -0.25) is 0 Å². The second-order valence-electron chi connectivity index (χ2n) is 5.62. The third-order valence-corrected chi connectivity index (χ3v) is 3.68. The zero-order valence-corrected chi connectivity index (χ0v) is 14.0. The van der Waals surface area contributed by atoms with Gasteiger partial charge in [-0.25, -0.2) is 4.79 Å². The van der Waals surface area contributed by atoms with E-state index in [1.807, 2.05) is 0 Å². The SMILES string of the molecule is N=C(C=CN)c1ccc(Oc2ccc(OC[C@H]3COC(=O)N3)cc2)cc1. The van der Waals surface area contributed by atoms with Crippen LogP contribution in [-0.4, -0.2) is 31.1 Å². The maximum absolute atomic E-state index is 10.9.